The summed E-state index contributed by atoms with van der Waals surface area (Å²) >= 11 is 13.9. The summed E-state index contributed by atoms with van der Waals surface area (Å²) in [7, 11) is 3.18. The maximum Gasteiger partial charge on any atom is 0.218 e. The molecule has 0 bridgehead atoms. The molecule has 0 radical (unpaired) electrons. The standard InChI is InChI=1S/C32H34Cl2F2N4O2/c1-41-28-18-21(8-9-22(28)19-37-15-4-13-35)31-30(34)25(12-17-39-31)24-6-3-7-26(29(24)33)27-11-10-23(32(40-27)42-2)20-38-16-5-14-36/h3,6-12,17-18,37-38H,4-5,13-16,19-20H2,1-2H3. The van der Waals surface area contributed by atoms with Gasteiger partial charge in [-0.25, -0.2) is 4.98 Å². The Morgan fingerprint density at radius 3 is 2.12 bits per heavy atom. The lowest BCUT2D eigenvalue weighted by Crippen LogP contribution is -2.16. The number of pyridine rings is 2. The van der Waals surface area contributed by atoms with E-state index in [-0.39, 0.29) is 13.3 Å². The fourth-order valence-corrected chi connectivity index (χ4v) is 5.24. The van der Waals surface area contributed by atoms with E-state index in [9.17, 15) is 8.78 Å². The zero-order chi connectivity index (χ0) is 29.9. The number of halogens is 4. The van der Waals surface area contributed by atoms with Crippen molar-refractivity contribution in [3.8, 4) is 45.3 Å². The number of alkyl halides is 2. The van der Waals surface area contributed by atoms with Crippen LogP contribution in [-0.2, 0) is 13.1 Å². The summed E-state index contributed by atoms with van der Waals surface area (Å²) in [4.78, 5) is 9.26. The quantitative estimate of drug-likeness (QED) is 0.134. The highest BCUT2D eigenvalue weighted by Gasteiger charge is 2.18. The van der Waals surface area contributed by atoms with E-state index in [1.165, 1.54) is 0 Å². The lowest BCUT2D eigenvalue weighted by molar-refractivity contribution is 0.390. The minimum absolute atomic E-state index is 0.352. The lowest BCUT2D eigenvalue weighted by atomic mass is 9.99. The van der Waals surface area contributed by atoms with Crippen LogP contribution in [0.2, 0.25) is 10.0 Å². The number of ether oxygens (including phenoxy) is 2. The van der Waals surface area contributed by atoms with Gasteiger partial charge in [-0.05, 0) is 44.1 Å². The Balaban J connectivity index is 1.64. The zero-order valence-corrected chi connectivity index (χ0v) is 25.2. The molecular weight excluding hydrogens is 581 g/mol. The Labute approximate surface area is 255 Å². The fraction of sp³-hybridized carbons (Fsp3) is 0.312. The van der Waals surface area contributed by atoms with Crippen molar-refractivity contribution in [1.82, 2.24) is 20.6 Å². The Morgan fingerprint density at radius 1 is 0.762 bits per heavy atom. The predicted octanol–water partition coefficient (Wildman–Crippen LogP) is 7.70. The molecule has 4 rings (SSSR count). The minimum Gasteiger partial charge on any atom is -0.496 e. The van der Waals surface area contributed by atoms with E-state index in [1.54, 1.807) is 20.4 Å². The fourth-order valence-electron chi connectivity index (χ4n) is 4.59. The Morgan fingerprint density at radius 2 is 1.43 bits per heavy atom. The molecule has 0 unspecified atom stereocenters. The molecule has 0 atom stereocenters. The third kappa shape index (κ3) is 7.55. The van der Waals surface area contributed by atoms with Gasteiger partial charge in [0.15, 0.2) is 0 Å². The molecule has 2 aromatic heterocycles. The van der Waals surface area contributed by atoms with Crippen LogP contribution in [0, 0.1) is 0 Å². The zero-order valence-electron chi connectivity index (χ0n) is 23.7. The summed E-state index contributed by atoms with van der Waals surface area (Å²) in [6.45, 7) is 1.51. The van der Waals surface area contributed by atoms with Crippen molar-refractivity contribution in [3.05, 3.63) is 82.0 Å². The van der Waals surface area contributed by atoms with Crippen LogP contribution in [0.15, 0.2) is 60.8 Å². The molecule has 42 heavy (non-hydrogen) atoms. The summed E-state index contributed by atoms with van der Waals surface area (Å²) in [6.07, 6.45) is 2.62. The SMILES string of the molecule is COc1cc(-c2nccc(-c3cccc(-c4ccc(CNCCCF)c(OC)n4)c3Cl)c2Cl)ccc1CNCCCF. The molecule has 0 saturated carbocycles. The number of aromatic nitrogens is 2. The summed E-state index contributed by atoms with van der Waals surface area (Å²) < 4.78 is 36.0. The van der Waals surface area contributed by atoms with Gasteiger partial charge in [-0.2, -0.15) is 0 Å². The van der Waals surface area contributed by atoms with Crippen molar-refractivity contribution in [2.24, 2.45) is 0 Å². The molecule has 10 heteroatoms. The molecule has 2 heterocycles. The van der Waals surface area contributed by atoms with Gasteiger partial charge in [0.05, 0.1) is 49.0 Å². The molecular formula is C32H34Cl2F2N4O2. The third-order valence-corrected chi connectivity index (χ3v) is 7.54. The molecule has 0 fully saturated rings. The van der Waals surface area contributed by atoms with Gasteiger partial charge in [0.1, 0.15) is 5.75 Å². The maximum absolute atomic E-state index is 12.4. The van der Waals surface area contributed by atoms with Crippen LogP contribution in [0.4, 0.5) is 8.78 Å². The topological polar surface area (TPSA) is 68.3 Å². The first-order chi connectivity index (χ1) is 20.5. The first kappa shape index (κ1) is 31.6. The number of nitrogens with zero attached hydrogens (tertiary/aromatic N) is 2. The molecule has 222 valence electrons. The molecule has 0 amide bonds. The molecule has 2 N–H and O–H groups in total. The predicted molar refractivity (Wildman–Crippen MR) is 166 cm³/mol. The molecule has 4 aromatic rings. The van der Waals surface area contributed by atoms with Gasteiger partial charge in [0.25, 0.3) is 0 Å². The van der Waals surface area contributed by atoms with E-state index in [2.05, 4.69) is 15.6 Å². The highest BCUT2D eigenvalue weighted by molar-refractivity contribution is 6.39. The van der Waals surface area contributed by atoms with Crippen molar-refractivity contribution in [1.29, 1.82) is 0 Å². The second kappa shape index (κ2) is 15.8. The summed E-state index contributed by atoms with van der Waals surface area (Å²) in [5, 5.41) is 7.36. The lowest BCUT2D eigenvalue weighted by Gasteiger charge is -2.15. The van der Waals surface area contributed by atoms with Gasteiger partial charge >= 0.3 is 0 Å². The third-order valence-electron chi connectivity index (χ3n) is 6.75. The van der Waals surface area contributed by atoms with Crippen LogP contribution in [0.1, 0.15) is 24.0 Å². The molecule has 0 aliphatic heterocycles. The van der Waals surface area contributed by atoms with Crippen molar-refractivity contribution in [3.63, 3.8) is 0 Å². The summed E-state index contributed by atoms with van der Waals surface area (Å²) in [6, 6.07) is 17.1. The van der Waals surface area contributed by atoms with Crippen molar-refractivity contribution in [2.75, 3.05) is 40.7 Å². The maximum atomic E-state index is 12.4. The second-order valence-corrected chi connectivity index (χ2v) is 10.3. The number of nitrogens with one attached hydrogen (secondary N) is 2. The van der Waals surface area contributed by atoms with Crippen LogP contribution in [0.5, 0.6) is 11.6 Å². The Hall–Kier alpha value is -3.30. The van der Waals surface area contributed by atoms with E-state index >= 15 is 0 Å². The van der Waals surface area contributed by atoms with Gasteiger partial charge in [0, 0.05) is 52.7 Å². The van der Waals surface area contributed by atoms with Crippen LogP contribution in [0.3, 0.4) is 0 Å². The van der Waals surface area contributed by atoms with Crippen LogP contribution in [-0.4, -0.2) is 50.6 Å². The molecule has 2 aromatic carbocycles. The largest absolute Gasteiger partial charge is 0.496 e. The van der Waals surface area contributed by atoms with Crippen molar-refractivity contribution < 1.29 is 18.3 Å². The van der Waals surface area contributed by atoms with E-state index in [0.717, 1.165) is 33.4 Å². The normalized spacial score (nSPS) is 11.1. The van der Waals surface area contributed by atoms with E-state index in [4.69, 9.17) is 37.7 Å². The number of rotatable bonds is 15. The van der Waals surface area contributed by atoms with E-state index in [1.807, 2.05) is 54.6 Å². The number of hydrogen-bond donors (Lipinski definition) is 2. The monoisotopic (exact) mass is 614 g/mol. The van der Waals surface area contributed by atoms with E-state index < -0.39 is 0 Å². The average molecular weight is 616 g/mol. The highest BCUT2D eigenvalue weighted by atomic mass is 35.5. The number of methoxy groups -OCH3 is 2. The summed E-state index contributed by atoms with van der Waals surface area (Å²) in [5.74, 6) is 1.16. The minimum atomic E-state index is -0.360. The van der Waals surface area contributed by atoms with Crippen LogP contribution >= 0.6 is 23.2 Å². The van der Waals surface area contributed by atoms with Gasteiger partial charge in [-0.1, -0.05) is 59.6 Å². The first-order valence-corrected chi connectivity index (χ1v) is 14.5. The number of benzene rings is 2. The van der Waals surface area contributed by atoms with E-state index in [0.29, 0.717) is 72.1 Å². The van der Waals surface area contributed by atoms with Gasteiger partial charge in [-0.15, -0.1) is 0 Å². The second-order valence-electron chi connectivity index (χ2n) is 9.52. The summed E-state index contributed by atoms with van der Waals surface area (Å²) in [5.41, 5.74) is 6.04. The number of hydrogen-bond acceptors (Lipinski definition) is 6. The Bertz CT molecular complexity index is 1380. The van der Waals surface area contributed by atoms with Crippen molar-refractivity contribution in [2.45, 2.75) is 25.9 Å². The van der Waals surface area contributed by atoms with Crippen molar-refractivity contribution >= 4 is 23.2 Å². The molecule has 6 nitrogen and oxygen atoms in total. The van der Waals surface area contributed by atoms with Gasteiger partial charge in [0.2, 0.25) is 5.88 Å². The smallest absolute Gasteiger partial charge is 0.218 e. The molecule has 0 aliphatic rings. The Kier molecular flexibility index (Phi) is 11.9. The average Bonchev–Trinajstić information content (AvgIpc) is 3.02. The molecule has 0 saturated heterocycles. The molecule has 0 aliphatic carbocycles. The van der Waals surface area contributed by atoms with Crippen LogP contribution < -0.4 is 20.1 Å². The van der Waals surface area contributed by atoms with Gasteiger partial charge in [-0.3, -0.25) is 13.8 Å². The van der Waals surface area contributed by atoms with Crippen LogP contribution in [0.25, 0.3) is 33.6 Å². The van der Waals surface area contributed by atoms with Gasteiger partial charge < -0.3 is 20.1 Å². The highest BCUT2D eigenvalue weighted by Crippen LogP contribution is 2.42. The first-order valence-electron chi connectivity index (χ1n) is 13.7. The molecule has 0 spiro atoms.